The molecule has 4 nitrogen and oxygen atoms in total. The quantitative estimate of drug-likeness (QED) is 0.832. The summed E-state index contributed by atoms with van der Waals surface area (Å²) in [6.45, 7) is -1.31. The minimum atomic E-state index is -4.40. The van der Waals surface area contributed by atoms with E-state index >= 15 is 0 Å². The molecule has 0 aliphatic carbocycles. The Morgan fingerprint density at radius 3 is 2.47 bits per heavy atom. The van der Waals surface area contributed by atoms with E-state index in [1.54, 1.807) is 6.07 Å². The average molecular weight is 279 g/mol. The number of benzene rings is 1. The first-order valence-electron chi connectivity index (χ1n) is 5.59. The van der Waals surface area contributed by atoms with Gasteiger partial charge in [-0.2, -0.15) is 13.2 Å². The highest BCUT2D eigenvalue weighted by molar-refractivity contribution is 5.42. The van der Waals surface area contributed by atoms with Gasteiger partial charge in [-0.3, -0.25) is 0 Å². The lowest BCUT2D eigenvalue weighted by atomic mass is 10.1. The minimum Gasteiger partial charge on any atom is -0.493 e. The van der Waals surface area contributed by atoms with Gasteiger partial charge in [0.15, 0.2) is 11.5 Å². The summed E-state index contributed by atoms with van der Waals surface area (Å²) in [5.41, 5.74) is 5.65. The van der Waals surface area contributed by atoms with Gasteiger partial charge < -0.3 is 20.3 Å². The molecule has 0 aliphatic heterocycles. The van der Waals surface area contributed by atoms with Crippen LogP contribution in [0.5, 0.6) is 11.5 Å². The zero-order valence-electron chi connectivity index (χ0n) is 10.4. The molecule has 1 rings (SSSR count). The second kappa shape index (κ2) is 6.63. The van der Waals surface area contributed by atoms with Gasteiger partial charge in [-0.15, -0.1) is 0 Å². The highest BCUT2D eigenvalue weighted by atomic mass is 19.4. The third-order valence-corrected chi connectivity index (χ3v) is 2.60. The van der Waals surface area contributed by atoms with E-state index in [9.17, 15) is 13.2 Å². The molecule has 1 aromatic rings. The van der Waals surface area contributed by atoms with Gasteiger partial charge >= 0.3 is 6.18 Å². The maximum absolute atomic E-state index is 12.5. The van der Waals surface area contributed by atoms with Crippen LogP contribution in [0.25, 0.3) is 0 Å². The molecule has 0 spiro atoms. The fourth-order valence-electron chi connectivity index (χ4n) is 1.42. The van der Waals surface area contributed by atoms with Gasteiger partial charge in [-0.25, -0.2) is 0 Å². The molecule has 1 atom stereocenters. The number of ether oxygens (including phenoxy) is 2. The summed E-state index contributed by atoms with van der Waals surface area (Å²) in [5, 5.41) is 8.95. The predicted octanol–water partition coefficient (Wildman–Crippen LogP) is 1.70. The molecule has 0 aliphatic rings. The number of rotatable bonds is 6. The Balaban J connectivity index is 2.77. The number of halogens is 3. The van der Waals surface area contributed by atoms with Crippen LogP contribution in [-0.4, -0.2) is 31.5 Å². The first-order valence-corrected chi connectivity index (χ1v) is 5.59. The Morgan fingerprint density at radius 1 is 1.32 bits per heavy atom. The topological polar surface area (TPSA) is 64.7 Å². The Hall–Kier alpha value is -1.47. The third kappa shape index (κ3) is 4.29. The van der Waals surface area contributed by atoms with Crippen molar-refractivity contribution in [2.45, 2.75) is 12.8 Å². The Morgan fingerprint density at radius 2 is 2.00 bits per heavy atom. The van der Waals surface area contributed by atoms with Crippen LogP contribution in [0.4, 0.5) is 13.2 Å². The largest absolute Gasteiger partial charge is 0.493 e. The van der Waals surface area contributed by atoms with E-state index in [-0.39, 0.29) is 18.1 Å². The monoisotopic (exact) mass is 279 g/mol. The lowest BCUT2D eigenvalue weighted by Gasteiger charge is -2.19. The fraction of sp³-hybridized carbons (Fsp3) is 0.500. The molecule has 3 N–H and O–H groups in total. The van der Waals surface area contributed by atoms with Crippen molar-refractivity contribution in [2.24, 2.45) is 11.7 Å². The van der Waals surface area contributed by atoms with Gasteiger partial charge in [-0.05, 0) is 17.7 Å². The molecular weight excluding hydrogens is 263 g/mol. The second-order valence-corrected chi connectivity index (χ2v) is 3.93. The van der Waals surface area contributed by atoms with Crippen LogP contribution in [0.2, 0.25) is 0 Å². The number of aliphatic hydroxyl groups is 1. The second-order valence-electron chi connectivity index (χ2n) is 3.93. The number of nitrogens with two attached hydrogens (primary N) is 1. The Bertz CT molecular complexity index is 410. The lowest BCUT2D eigenvalue weighted by molar-refractivity contribution is -0.178. The summed E-state index contributed by atoms with van der Waals surface area (Å²) >= 11 is 0. The molecule has 19 heavy (non-hydrogen) atoms. The SMILES string of the molecule is COc1cc(CO)ccc1OCC(CN)C(F)(F)F. The van der Waals surface area contributed by atoms with E-state index in [4.69, 9.17) is 20.3 Å². The van der Waals surface area contributed by atoms with E-state index in [1.807, 2.05) is 0 Å². The molecule has 0 bridgehead atoms. The molecule has 7 heteroatoms. The van der Waals surface area contributed by atoms with E-state index < -0.39 is 25.2 Å². The number of hydrogen-bond acceptors (Lipinski definition) is 4. The van der Waals surface area contributed by atoms with Crippen molar-refractivity contribution in [2.75, 3.05) is 20.3 Å². The van der Waals surface area contributed by atoms with Crippen LogP contribution < -0.4 is 15.2 Å². The Kier molecular flexibility index (Phi) is 5.44. The summed E-state index contributed by atoms with van der Waals surface area (Å²) in [6, 6.07) is 4.50. The van der Waals surface area contributed by atoms with Crippen LogP contribution in [0.3, 0.4) is 0 Å². The molecule has 0 amide bonds. The molecule has 0 radical (unpaired) electrons. The predicted molar refractivity (Wildman–Crippen MR) is 63.0 cm³/mol. The number of alkyl halides is 3. The van der Waals surface area contributed by atoms with Gasteiger partial charge in [0.2, 0.25) is 0 Å². The first-order chi connectivity index (χ1) is 8.92. The smallest absolute Gasteiger partial charge is 0.396 e. The van der Waals surface area contributed by atoms with Gasteiger partial charge in [0.1, 0.15) is 12.5 Å². The number of methoxy groups -OCH3 is 1. The minimum absolute atomic E-state index is 0.183. The molecular formula is C12H16F3NO3. The van der Waals surface area contributed by atoms with Crippen LogP contribution in [0.15, 0.2) is 18.2 Å². The lowest BCUT2D eigenvalue weighted by Crippen LogP contribution is -2.35. The summed E-state index contributed by atoms with van der Waals surface area (Å²) in [5.74, 6) is -1.28. The van der Waals surface area contributed by atoms with Crippen molar-refractivity contribution in [1.82, 2.24) is 0 Å². The van der Waals surface area contributed by atoms with E-state index in [0.717, 1.165) is 0 Å². The van der Waals surface area contributed by atoms with Gasteiger partial charge in [0, 0.05) is 6.54 Å². The average Bonchev–Trinajstić information content (AvgIpc) is 2.38. The van der Waals surface area contributed by atoms with Gasteiger partial charge in [-0.1, -0.05) is 6.07 Å². The fourth-order valence-corrected chi connectivity index (χ4v) is 1.42. The molecule has 108 valence electrons. The molecule has 0 saturated heterocycles. The van der Waals surface area contributed by atoms with Crippen molar-refractivity contribution in [3.8, 4) is 11.5 Å². The highest BCUT2D eigenvalue weighted by Gasteiger charge is 2.39. The molecule has 0 fully saturated rings. The van der Waals surface area contributed by atoms with Crippen LogP contribution in [0.1, 0.15) is 5.56 Å². The molecule has 0 aromatic heterocycles. The van der Waals surface area contributed by atoms with Crippen LogP contribution in [0, 0.1) is 5.92 Å². The summed E-state index contributed by atoms with van der Waals surface area (Å²) < 4.78 is 47.6. The summed E-state index contributed by atoms with van der Waals surface area (Å²) in [6.07, 6.45) is -4.40. The van der Waals surface area contributed by atoms with Crippen molar-refractivity contribution in [3.05, 3.63) is 23.8 Å². The van der Waals surface area contributed by atoms with Crippen molar-refractivity contribution >= 4 is 0 Å². The van der Waals surface area contributed by atoms with Crippen LogP contribution in [-0.2, 0) is 6.61 Å². The van der Waals surface area contributed by atoms with Crippen molar-refractivity contribution in [3.63, 3.8) is 0 Å². The van der Waals surface area contributed by atoms with Crippen LogP contribution >= 0.6 is 0 Å². The number of aliphatic hydroxyl groups excluding tert-OH is 1. The summed E-state index contributed by atoms with van der Waals surface area (Å²) in [4.78, 5) is 0. The highest BCUT2D eigenvalue weighted by Crippen LogP contribution is 2.31. The molecule has 1 unspecified atom stereocenters. The molecule has 1 aromatic carbocycles. The maximum Gasteiger partial charge on any atom is 0.396 e. The molecule has 0 heterocycles. The third-order valence-electron chi connectivity index (χ3n) is 2.60. The van der Waals surface area contributed by atoms with E-state index in [0.29, 0.717) is 5.56 Å². The summed E-state index contributed by atoms with van der Waals surface area (Å²) in [7, 11) is 1.37. The first kappa shape index (κ1) is 15.6. The number of hydrogen-bond donors (Lipinski definition) is 2. The van der Waals surface area contributed by atoms with E-state index in [1.165, 1.54) is 19.2 Å². The Labute approximate surface area is 108 Å². The van der Waals surface area contributed by atoms with Crippen molar-refractivity contribution in [1.29, 1.82) is 0 Å². The van der Waals surface area contributed by atoms with E-state index in [2.05, 4.69) is 0 Å². The van der Waals surface area contributed by atoms with Crippen molar-refractivity contribution < 1.29 is 27.8 Å². The molecule has 0 saturated carbocycles. The van der Waals surface area contributed by atoms with Gasteiger partial charge in [0.25, 0.3) is 0 Å². The normalized spacial score (nSPS) is 13.2. The zero-order valence-corrected chi connectivity index (χ0v) is 10.4. The zero-order chi connectivity index (χ0) is 14.5. The van der Waals surface area contributed by atoms with Gasteiger partial charge in [0.05, 0.1) is 13.7 Å². The standard InChI is InChI=1S/C12H16F3NO3/c1-18-11-4-8(6-17)2-3-10(11)19-7-9(5-16)12(13,14)15/h2-4,9,17H,5-7,16H2,1H3. The maximum atomic E-state index is 12.5.